The maximum Gasteiger partial charge on any atom is 0.253 e. The predicted molar refractivity (Wildman–Crippen MR) is 105 cm³/mol. The Hall–Kier alpha value is -2.86. The Bertz CT molecular complexity index is 822. The molecule has 1 amide bonds. The summed E-state index contributed by atoms with van der Waals surface area (Å²) in [6.45, 7) is 3.02. The zero-order chi connectivity index (χ0) is 18.2. The Morgan fingerprint density at radius 2 is 2.08 bits per heavy atom. The summed E-state index contributed by atoms with van der Waals surface area (Å²) in [6, 6.07) is 15.3. The Kier molecular flexibility index (Phi) is 6.22. The number of carbonyl (C=O) groups excluding carboxylic acids is 1. The average Bonchev–Trinajstić information content (AvgIpc) is 3.19. The highest BCUT2D eigenvalue weighted by Gasteiger charge is 2.12. The van der Waals surface area contributed by atoms with Gasteiger partial charge in [0.2, 0.25) is 0 Å². The van der Waals surface area contributed by atoms with Crippen LogP contribution in [0.4, 0.5) is 5.69 Å². The second-order valence-electron chi connectivity index (χ2n) is 5.81. The van der Waals surface area contributed by atoms with Crippen LogP contribution >= 0.6 is 11.3 Å². The van der Waals surface area contributed by atoms with Crippen molar-refractivity contribution in [1.82, 2.24) is 10.3 Å². The van der Waals surface area contributed by atoms with Crippen molar-refractivity contribution in [2.45, 2.75) is 19.6 Å². The maximum absolute atomic E-state index is 12.6. The van der Waals surface area contributed by atoms with Gasteiger partial charge < -0.3 is 15.4 Å². The van der Waals surface area contributed by atoms with E-state index in [1.165, 1.54) is 4.88 Å². The van der Waals surface area contributed by atoms with Crippen LogP contribution in [0.1, 0.15) is 22.2 Å². The van der Waals surface area contributed by atoms with Gasteiger partial charge in [0.25, 0.3) is 5.91 Å². The number of hydrogen-bond acceptors (Lipinski definition) is 5. The molecule has 0 spiro atoms. The lowest BCUT2D eigenvalue weighted by molar-refractivity contribution is 0.0933. The first kappa shape index (κ1) is 17.9. The van der Waals surface area contributed by atoms with Gasteiger partial charge in [0.1, 0.15) is 11.9 Å². The van der Waals surface area contributed by atoms with Gasteiger partial charge in [0.15, 0.2) is 0 Å². The largest absolute Gasteiger partial charge is 0.487 e. The Balaban J connectivity index is 1.55. The van der Waals surface area contributed by atoms with E-state index in [-0.39, 0.29) is 12.0 Å². The van der Waals surface area contributed by atoms with Gasteiger partial charge >= 0.3 is 0 Å². The number of para-hydroxylation sites is 1. The molecular weight excluding hydrogens is 346 g/mol. The van der Waals surface area contributed by atoms with Crippen molar-refractivity contribution in [2.24, 2.45) is 0 Å². The molecule has 3 aromatic rings. The van der Waals surface area contributed by atoms with Gasteiger partial charge in [-0.15, -0.1) is 11.3 Å². The molecule has 0 aliphatic heterocycles. The first-order valence-electron chi connectivity index (χ1n) is 8.42. The maximum atomic E-state index is 12.6. The molecule has 0 saturated heterocycles. The van der Waals surface area contributed by atoms with E-state index in [4.69, 9.17) is 4.74 Å². The zero-order valence-corrected chi connectivity index (χ0v) is 15.3. The van der Waals surface area contributed by atoms with Crippen molar-refractivity contribution >= 4 is 22.9 Å². The smallest absolute Gasteiger partial charge is 0.253 e. The lowest BCUT2D eigenvalue weighted by Crippen LogP contribution is -2.33. The van der Waals surface area contributed by atoms with Crippen LogP contribution in [0.3, 0.4) is 0 Å². The molecule has 2 heterocycles. The van der Waals surface area contributed by atoms with Gasteiger partial charge in [0.05, 0.1) is 18.3 Å². The first-order valence-corrected chi connectivity index (χ1v) is 9.30. The number of carbonyl (C=O) groups is 1. The number of anilines is 1. The normalized spacial score (nSPS) is 11.6. The van der Waals surface area contributed by atoms with Crippen LogP contribution in [0.5, 0.6) is 5.75 Å². The molecule has 134 valence electrons. The van der Waals surface area contributed by atoms with Crippen LogP contribution in [-0.2, 0) is 6.54 Å². The molecule has 2 N–H and O–H groups in total. The molecule has 1 aromatic carbocycles. The summed E-state index contributed by atoms with van der Waals surface area (Å²) in [5.41, 5.74) is 1.44. The second-order valence-corrected chi connectivity index (χ2v) is 6.84. The summed E-state index contributed by atoms with van der Waals surface area (Å²) in [7, 11) is 0. The average molecular weight is 367 g/mol. The standard InChI is InChI=1S/C20H21N3O2S/c1-15(25-16-6-4-10-21-13-16)12-23-20(24)18-8-2-3-9-19(18)22-14-17-7-5-11-26-17/h2-11,13,15,22H,12,14H2,1H3,(H,23,24)/t15-/m0/s1. The zero-order valence-electron chi connectivity index (χ0n) is 14.5. The van der Waals surface area contributed by atoms with E-state index in [1.54, 1.807) is 23.7 Å². The molecule has 0 bridgehead atoms. The summed E-state index contributed by atoms with van der Waals surface area (Å²) in [4.78, 5) is 17.8. The third-order valence-electron chi connectivity index (χ3n) is 3.73. The molecule has 3 rings (SSSR count). The summed E-state index contributed by atoms with van der Waals surface area (Å²) in [5, 5.41) is 8.31. The highest BCUT2D eigenvalue weighted by molar-refractivity contribution is 7.09. The summed E-state index contributed by atoms with van der Waals surface area (Å²) in [6.07, 6.45) is 3.19. The highest BCUT2D eigenvalue weighted by Crippen LogP contribution is 2.18. The summed E-state index contributed by atoms with van der Waals surface area (Å²) in [5.74, 6) is 0.563. The Morgan fingerprint density at radius 3 is 2.85 bits per heavy atom. The predicted octanol–water partition coefficient (Wildman–Crippen LogP) is 3.95. The molecular formula is C20H21N3O2S. The lowest BCUT2D eigenvalue weighted by Gasteiger charge is -2.16. The fourth-order valence-electron chi connectivity index (χ4n) is 2.45. The van der Waals surface area contributed by atoms with Crippen LogP contribution in [0.2, 0.25) is 0 Å². The lowest BCUT2D eigenvalue weighted by atomic mass is 10.1. The van der Waals surface area contributed by atoms with Crippen molar-refractivity contribution in [1.29, 1.82) is 0 Å². The molecule has 0 aliphatic rings. The molecule has 0 saturated carbocycles. The number of pyridine rings is 1. The molecule has 2 aromatic heterocycles. The van der Waals surface area contributed by atoms with Crippen LogP contribution in [0, 0.1) is 0 Å². The number of aromatic nitrogens is 1. The van der Waals surface area contributed by atoms with Crippen LogP contribution in [0.25, 0.3) is 0 Å². The van der Waals surface area contributed by atoms with E-state index in [9.17, 15) is 4.79 Å². The number of amides is 1. The van der Waals surface area contributed by atoms with Gasteiger partial charge in [-0.2, -0.15) is 0 Å². The van der Waals surface area contributed by atoms with E-state index < -0.39 is 0 Å². The molecule has 6 heteroatoms. The van der Waals surface area contributed by atoms with Gasteiger partial charge in [0, 0.05) is 23.3 Å². The van der Waals surface area contributed by atoms with E-state index in [0.717, 1.165) is 5.69 Å². The van der Waals surface area contributed by atoms with E-state index >= 15 is 0 Å². The molecule has 26 heavy (non-hydrogen) atoms. The number of hydrogen-bond donors (Lipinski definition) is 2. The molecule has 0 aliphatic carbocycles. The van der Waals surface area contributed by atoms with Crippen LogP contribution in [-0.4, -0.2) is 23.5 Å². The molecule has 0 unspecified atom stereocenters. The van der Waals surface area contributed by atoms with Gasteiger partial charge in [-0.1, -0.05) is 18.2 Å². The van der Waals surface area contributed by atoms with Gasteiger partial charge in [-0.25, -0.2) is 0 Å². The first-order chi connectivity index (χ1) is 12.7. The summed E-state index contributed by atoms with van der Waals surface area (Å²) < 4.78 is 5.74. The summed E-state index contributed by atoms with van der Waals surface area (Å²) >= 11 is 1.69. The third-order valence-corrected chi connectivity index (χ3v) is 4.60. The van der Waals surface area contributed by atoms with E-state index in [1.807, 2.05) is 54.8 Å². The van der Waals surface area contributed by atoms with Gasteiger partial charge in [-0.3, -0.25) is 9.78 Å². The number of nitrogens with zero attached hydrogens (tertiary/aromatic N) is 1. The molecule has 0 fully saturated rings. The minimum atomic E-state index is -0.158. The SMILES string of the molecule is C[C@@H](CNC(=O)c1ccccc1NCc1cccs1)Oc1cccnc1. The molecule has 5 nitrogen and oxygen atoms in total. The second kappa shape index (κ2) is 9.01. The Morgan fingerprint density at radius 1 is 1.19 bits per heavy atom. The van der Waals surface area contributed by atoms with Crippen LogP contribution < -0.4 is 15.4 Å². The fourth-order valence-corrected chi connectivity index (χ4v) is 3.10. The van der Waals surface area contributed by atoms with Crippen molar-refractivity contribution in [3.8, 4) is 5.75 Å². The topological polar surface area (TPSA) is 63.2 Å². The van der Waals surface area contributed by atoms with Crippen LogP contribution in [0.15, 0.2) is 66.3 Å². The highest BCUT2D eigenvalue weighted by atomic mass is 32.1. The number of benzene rings is 1. The molecule has 0 radical (unpaired) electrons. The number of rotatable bonds is 8. The Labute approximate surface area is 157 Å². The van der Waals surface area contributed by atoms with Gasteiger partial charge in [-0.05, 0) is 42.6 Å². The van der Waals surface area contributed by atoms with E-state index in [0.29, 0.717) is 24.4 Å². The quantitative estimate of drug-likeness (QED) is 0.633. The van der Waals surface area contributed by atoms with Crippen molar-refractivity contribution in [2.75, 3.05) is 11.9 Å². The third kappa shape index (κ3) is 5.07. The van der Waals surface area contributed by atoms with E-state index in [2.05, 4.69) is 21.7 Å². The van der Waals surface area contributed by atoms with Crippen molar-refractivity contribution in [3.05, 3.63) is 76.7 Å². The minimum absolute atomic E-state index is 0.124. The number of nitrogens with one attached hydrogen (secondary N) is 2. The number of ether oxygens (including phenoxy) is 1. The minimum Gasteiger partial charge on any atom is -0.487 e. The number of thiophene rings is 1. The molecule has 1 atom stereocenters. The monoisotopic (exact) mass is 367 g/mol. The fraction of sp³-hybridized carbons (Fsp3) is 0.200. The van der Waals surface area contributed by atoms with Crippen molar-refractivity contribution < 1.29 is 9.53 Å². The van der Waals surface area contributed by atoms with Crippen molar-refractivity contribution in [3.63, 3.8) is 0 Å².